The summed E-state index contributed by atoms with van der Waals surface area (Å²) in [4.78, 5) is 10.6. The van der Waals surface area contributed by atoms with Crippen LogP contribution in [0.3, 0.4) is 0 Å². The molecule has 0 heterocycles. The Morgan fingerprint density at radius 3 is 2.31 bits per heavy atom. The first kappa shape index (κ1) is 13.4. The summed E-state index contributed by atoms with van der Waals surface area (Å²) in [5.41, 5.74) is 0. The van der Waals surface area contributed by atoms with Crippen LogP contribution in [0.4, 0.5) is 0 Å². The molecule has 6 nitrogen and oxygen atoms in total. The highest BCUT2D eigenvalue weighted by Crippen LogP contribution is 2.23. The fraction of sp³-hybridized carbons (Fsp3) is 0.889. The van der Waals surface area contributed by atoms with Crippen molar-refractivity contribution in [1.82, 2.24) is 4.72 Å². The van der Waals surface area contributed by atoms with Crippen LogP contribution in [0.1, 0.15) is 32.1 Å². The first-order valence-electron chi connectivity index (χ1n) is 5.32. The van der Waals surface area contributed by atoms with E-state index in [1.54, 1.807) is 0 Å². The van der Waals surface area contributed by atoms with E-state index in [1.807, 2.05) is 4.72 Å². The molecule has 0 saturated heterocycles. The molecule has 0 amide bonds. The van der Waals surface area contributed by atoms with E-state index >= 15 is 0 Å². The molecule has 1 aliphatic carbocycles. The fourth-order valence-electron chi connectivity index (χ4n) is 1.84. The highest BCUT2D eigenvalue weighted by atomic mass is 32.2. The number of carboxylic acids is 1. The van der Waals surface area contributed by atoms with Crippen LogP contribution in [-0.2, 0) is 14.8 Å². The maximum absolute atomic E-state index is 11.8. The molecule has 3 N–H and O–H groups in total. The third-order valence-electron chi connectivity index (χ3n) is 2.78. The Morgan fingerprint density at radius 2 is 1.88 bits per heavy atom. The van der Waals surface area contributed by atoms with E-state index in [0.29, 0.717) is 12.8 Å². The number of rotatable bonds is 5. The van der Waals surface area contributed by atoms with Crippen LogP contribution in [-0.4, -0.2) is 42.5 Å². The molecule has 0 spiro atoms. The van der Waals surface area contributed by atoms with Crippen LogP contribution in [0.5, 0.6) is 0 Å². The molecule has 1 rings (SSSR count). The summed E-state index contributed by atoms with van der Waals surface area (Å²) in [6.07, 6.45) is 3.85. The third kappa shape index (κ3) is 3.43. The summed E-state index contributed by atoms with van der Waals surface area (Å²) in [5, 5.41) is 16.9. The van der Waals surface area contributed by atoms with Crippen molar-refractivity contribution in [3.05, 3.63) is 0 Å². The molecule has 1 atom stereocenters. The highest BCUT2D eigenvalue weighted by Gasteiger charge is 2.31. The maximum atomic E-state index is 11.8. The Bertz CT molecular complexity index is 334. The zero-order valence-corrected chi connectivity index (χ0v) is 9.74. The first-order chi connectivity index (χ1) is 7.47. The van der Waals surface area contributed by atoms with Crippen molar-refractivity contribution in [3.63, 3.8) is 0 Å². The molecule has 7 heteroatoms. The number of sulfonamides is 1. The van der Waals surface area contributed by atoms with Gasteiger partial charge in [-0.25, -0.2) is 8.42 Å². The van der Waals surface area contributed by atoms with Crippen LogP contribution in [0.2, 0.25) is 0 Å². The Labute approximate surface area is 94.7 Å². The summed E-state index contributed by atoms with van der Waals surface area (Å²) >= 11 is 0. The third-order valence-corrected chi connectivity index (χ3v) is 4.74. The van der Waals surface area contributed by atoms with Gasteiger partial charge in [0.05, 0.1) is 11.9 Å². The van der Waals surface area contributed by atoms with E-state index < -0.39 is 33.9 Å². The monoisotopic (exact) mass is 251 g/mol. The average Bonchev–Trinajstić information content (AvgIpc) is 2.27. The van der Waals surface area contributed by atoms with E-state index in [4.69, 9.17) is 10.2 Å². The Kier molecular flexibility index (Phi) is 4.69. The standard InChI is InChI=1S/C9H17NO5S/c11-6-8(9(12)13)10-16(14,15)7-4-2-1-3-5-7/h7-8,10-11H,1-6H2,(H,12,13). The summed E-state index contributed by atoms with van der Waals surface area (Å²) in [7, 11) is -3.63. The maximum Gasteiger partial charge on any atom is 0.324 e. The molecule has 0 aromatic heterocycles. The van der Waals surface area contributed by atoms with Crippen molar-refractivity contribution in [2.24, 2.45) is 0 Å². The predicted octanol–water partition coefficient (Wildman–Crippen LogP) is -0.316. The molecule has 0 aromatic carbocycles. The summed E-state index contributed by atoms with van der Waals surface area (Å²) in [6.45, 7) is -0.735. The molecular weight excluding hydrogens is 234 g/mol. The lowest BCUT2D eigenvalue weighted by Crippen LogP contribution is -2.47. The second-order valence-corrected chi connectivity index (χ2v) is 5.99. The van der Waals surface area contributed by atoms with E-state index in [2.05, 4.69) is 0 Å². The van der Waals surface area contributed by atoms with Gasteiger partial charge in [0.15, 0.2) is 0 Å². The normalized spacial score (nSPS) is 20.6. The minimum atomic E-state index is -3.63. The molecule has 1 unspecified atom stereocenters. The van der Waals surface area contributed by atoms with Gasteiger partial charge in [-0.1, -0.05) is 19.3 Å². The molecule has 1 saturated carbocycles. The van der Waals surface area contributed by atoms with Crippen LogP contribution in [0, 0.1) is 0 Å². The topological polar surface area (TPSA) is 104 Å². The number of nitrogens with one attached hydrogen (secondary N) is 1. The highest BCUT2D eigenvalue weighted by molar-refractivity contribution is 7.90. The van der Waals surface area contributed by atoms with Gasteiger partial charge in [0, 0.05) is 0 Å². The number of aliphatic hydroxyl groups is 1. The summed E-state index contributed by atoms with van der Waals surface area (Å²) < 4.78 is 25.6. The smallest absolute Gasteiger partial charge is 0.324 e. The Morgan fingerprint density at radius 1 is 1.31 bits per heavy atom. The molecule has 0 aromatic rings. The Hall–Kier alpha value is -0.660. The van der Waals surface area contributed by atoms with E-state index in [9.17, 15) is 13.2 Å². The molecule has 0 aliphatic heterocycles. The van der Waals surface area contributed by atoms with Crippen LogP contribution >= 0.6 is 0 Å². The molecule has 0 radical (unpaired) electrons. The first-order valence-corrected chi connectivity index (χ1v) is 6.87. The molecule has 0 bridgehead atoms. The average molecular weight is 251 g/mol. The lowest BCUT2D eigenvalue weighted by atomic mass is 10.0. The SMILES string of the molecule is O=C(O)C(CO)NS(=O)(=O)C1CCCCC1. The van der Waals surface area contributed by atoms with Gasteiger partial charge in [-0.3, -0.25) is 4.79 Å². The van der Waals surface area contributed by atoms with Crippen molar-refractivity contribution in [2.75, 3.05) is 6.61 Å². The summed E-state index contributed by atoms with van der Waals surface area (Å²) in [5.74, 6) is -1.36. The van der Waals surface area contributed by atoms with Crippen molar-refractivity contribution in [1.29, 1.82) is 0 Å². The lowest BCUT2D eigenvalue weighted by Gasteiger charge is -2.23. The number of carbonyl (C=O) groups is 1. The van der Waals surface area contributed by atoms with Gasteiger partial charge < -0.3 is 10.2 Å². The molecular formula is C9H17NO5S. The van der Waals surface area contributed by atoms with Crippen LogP contribution < -0.4 is 4.72 Å². The van der Waals surface area contributed by atoms with Crippen molar-refractivity contribution >= 4 is 16.0 Å². The minimum Gasteiger partial charge on any atom is -0.480 e. The number of carboxylic acid groups (broad SMARTS) is 1. The van der Waals surface area contributed by atoms with Crippen LogP contribution in [0.25, 0.3) is 0 Å². The number of hydrogen-bond acceptors (Lipinski definition) is 4. The quantitative estimate of drug-likeness (QED) is 0.621. The summed E-state index contributed by atoms with van der Waals surface area (Å²) in [6, 6.07) is -1.44. The van der Waals surface area contributed by atoms with Crippen molar-refractivity contribution in [3.8, 4) is 0 Å². The largest absolute Gasteiger partial charge is 0.480 e. The number of aliphatic hydroxyl groups excluding tert-OH is 1. The second-order valence-electron chi connectivity index (χ2n) is 4.00. The van der Waals surface area contributed by atoms with Crippen molar-refractivity contribution < 1.29 is 23.4 Å². The fourth-order valence-corrected chi connectivity index (χ4v) is 3.55. The van der Waals surface area contributed by atoms with Gasteiger partial charge in [0.2, 0.25) is 10.0 Å². The van der Waals surface area contributed by atoms with Gasteiger partial charge in [-0.05, 0) is 12.8 Å². The molecule has 94 valence electrons. The van der Waals surface area contributed by atoms with Gasteiger partial charge in [0.25, 0.3) is 0 Å². The molecule has 1 fully saturated rings. The molecule has 16 heavy (non-hydrogen) atoms. The van der Waals surface area contributed by atoms with E-state index in [-0.39, 0.29) is 0 Å². The van der Waals surface area contributed by atoms with Gasteiger partial charge in [-0.2, -0.15) is 4.72 Å². The zero-order valence-electron chi connectivity index (χ0n) is 8.92. The Balaban J connectivity index is 2.65. The van der Waals surface area contributed by atoms with Crippen molar-refractivity contribution in [2.45, 2.75) is 43.4 Å². The lowest BCUT2D eigenvalue weighted by molar-refractivity contribution is -0.139. The second kappa shape index (κ2) is 5.60. The van der Waals surface area contributed by atoms with E-state index in [1.165, 1.54) is 0 Å². The minimum absolute atomic E-state index is 0.519. The van der Waals surface area contributed by atoms with Gasteiger partial charge >= 0.3 is 5.97 Å². The number of hydrogen-bond donors (Lipinski definition) is 3. The number of aliphatic carboxylic acids is 1. The predicted molar refractivity (Wildman–Crippen MR) is 57.4 cm³/mol. The van der Waals surface area contributed by atoms with Gasteiger partial charge in [0.1, 0.15) is 6.04 Å². The van der Waals surface area contributed by atoms with Gasteiger partial charge in [-0.15, -0.1) is 0 Å². The van der Waals surface area contributed by atoms with E-state index in [0.717, 1.165) is 19.3 Å². The van der Waals surface area contributed by atoms with Crippen LogP contribution in [0.15, 0.2) is 0 Å². The molecule has 1 aliphatic rings. The zero-order chi connectivity index (χ0) is 12.2.